The molecule has 0 aliphatic rings. The summed E-state index contributed by atoms with van der Waals surface area (Å²) in [6.45, 7) is 0.518. The maximum atomic E-state index is 10.7. The van der Waals surface area contributed by atoms with Crippen LogP contribution in [0.3, 0.4) is 0 Å². The highest BCUT2D eigenvalue weighted by Gasteiger charge is 2.05. The van der Waals surface area contributed by atoms with Gasteiger partial charge in [0.1, 0.15) is 0 Å². The van der Waals surface area contributed by atoms with Gasteiger partial charge in [-0.3, -0.25) is 4.79 Å². The van der Waals surface area contributed by atoms with Crippen LogP contribution in [0.5, 0.6) is 0 Å². The third-order valence-corrected chi connectivity index (χ3v) is 2.57. The van der Waals surface area contributed by atoms with E-state index in [1.165, 1.54) is 10.9 Å². The van der Waals surface area contributed by atoms with E-state index >= 15 is 0 Å². The third kappa shape index (κ3) is 1.99. The topological polar surface area (TPSA) is 34.0 Å². The Morgan fingerprint density at radius 1 is 1.47 bits per heavy atom. The molecule has 0 saturated heterocycles. The van der Waals surface area contributed by atoms with Crippen molar-refractivity contribution in [2.24, 2.45) is 7.05 Å². The van der Waals surface area contributed by atoms with Crippen LogP contribution in [0.1, 0.15) is 5.56 Å². The first kappa shape index (κ1) is 10.1. The van der Waals surface area contributed by atoms with Gasteiger partial charge in [-0.15, -0.1) is 0 Å². The molecule has 0 unspecified atom stereocenters. The summed E-state index contributed by atoms with van der Waals surface area (Å²) in [6, 6.07) is 8.11. The van der Waals surface area contributed by atoms with Crippen LogP contribution in [0, 0.1) is 0 Å². The number of carbonyl (C=O) groups excluding carboxylic acids is 1. The Bertz CT molecular complexity index is 504. The Hall–Kier alpha value is -1.42. The lowest BCUT2D eigenvalue weighted by atomic mass is 10.2. The van der Waals surface area contributed by atoms with Crippen LogP contribution in [0.15, 0.2) is 30.5 Å². The lowest BCUT2D eigenvalue weighted by molar-refractivity contribution is 0.261. The minimum absolute atomic E-state index is 0.303. The Balaban J connectivity index is 2.39. The quantitative estimate of drug-likeness (QED) is 0.748. The Kier molecular flexibility index (Phi) is 2.68. The van der Waals surface area contributed by atoms with Gasteiger partial charge in [0.25, 0.3) is 5.24 Å². The van der Waals surface area contributed by atoms with Crippen molar-refractivity contribution in [3.63, 3.8) is 0 Å². The highest BCUT2D eigenvalue weighted by atomic mass is 32.1. The number of nitrogens with zero attached hydrogens (tertiary/aromatic N) is 1. The highest BCUT2D eigenvalue weighted by molar-refractivity contribution is 7.96. The zero-order valence-electron chi connectivity index (χ0n) is 8.40. The molecule has 0 saturated carbocycles. The summed E-state index contributed by atoms with van der Waals surface area (Å²) in [4.78, 5) is 10.7. The Morgan fingerprint density at radius 2 is 2.20 bits per heavy atom. The number of aromatic nitrogens is 1. The van der Waals surface area contributed by atoms with Crippen LogP contribution in [-0.4, -0.2) is 9.81 Å². The third-order valence-electron chi connectivity index (χ3n) is 2.41. The van der Waals surface area contributed by atoms with Crippen LogP contribution in [0.4, 0.5) is 4.79 Å². The summed E-state index contributed by atoms with van der Waals surface area (Å²) in [5.41, 5.74) is 2.27. The molecule has 1 aromatic heterocycles. The van der Waals surface area contributed by atoms with Gasteiger partial charge in [0.2, 0.25) is 0 Å². The zero-order valence-corrected chi connectivity index (χ0v) is 9.29. The number of rotatable bonds is 2. The van der Waals surface area contributed by atoms with Gasteiger partial charge < -0.3 is 9.88 Å². The van der Waals surface area contributed by atoms with Crippen molar-refractivity contribution < 1.29 is 4.79 Å². The Labute approximate surface area is 93.5 Å². The molecule has 0 aliphatic heterocycles. The minimum Gasteiger partial charge on any atom is -0.350 e. The fraction of sp³-hybridized carbons (Fsp3) is 0.182. The number of nitrogens with one attached hydrogen (secondary N) is 1. The van der Waals surface area contributed by atoms with Crippen LogP contribution >= 0.6 is 12.6 Å². The number of fused-ring (bicyclic) bond motifs is 1. The minimum atomic E-state index is -0.303. The molecule has 0 fully saturated rings. The fourth-order valence-corrected chi connectivity index (χ4v) is 1.82. The van der Waals surface area contributed by atoms with Crippen molar-refractivity contribution in [1.29, 1.82) is 0 Å². The lowest BCUT2D eigenvalue weighted by Gasteiger charge is -1.98. The smallest absolute Gasteiger partial charge is 0.276 e. The summed E-state index contributed by atoms with van der Waals surface area (Å²) in [7, 11) is 1.99. The number of thiol groups is 1. The first-order chi connectivity index (χ1) is 7.18. The maximum Gasteiger partial charge on any atom is 0.276 e. The molecular formula is C11H12N2OS. The van der Waals surface area contributed by atoms with E-state index in [0.29, 0.717) is 6.54 Å². The number of hydrogen-bond acceptors (Lipinski definition) is 1. The first-order valence-electron chi connectivity index (χ1n) is 4.68. The van der Waals surface area contributed by atoms with E-state index < -0.39 is 0 Å². The predicted octanol–water partition coefficient (Wildman–Crippen LogP) is 2.32. The van der Waals surface area contributed by atoms with Gasteiger partial charge in [-0.2, -0.15) is 0 Å². The molecule has 15 heavy (non-hydrogen) atoms. The van der Waals surface area contributed by atoms with Crippen LogP contribution in [0.2, 0.25) is 0 Å². The summed E-state index contributed by atoms with van der Waals surface area (Å²) < 4.78 is 2.05. The second kappa shape index (κ2) is 3.98. The molecule has 1 amide bonds. The molecule has 2 rings (SSSR count). The molecule has 78 valence electrons. The number of para-hydroxylation sites is 1. The maximum absolute atomic E-state index is 10.7. The van der Waals surface area contributed by atoms with Crippen molar-refractivity contribution in [2.45, 2.75) is 6.54 Å². The van der Waals surface area contributed by atoms with E-state index in [2.05, 4.69) is 34.6 Å². The van der Waals surface area contributed by atoms with Crippen molar-refractivity contribution >= 4 is 28.8 Å². The second-order valence-corrected chi connectivity index (χ2v) is 3.85. The molecule has 1 N–H and O–H groups in total. The molecule has 3 nitrogen and oxygen atoms in total. The van der Waals surface area contributed by atoms with E-state index in [0.717, 1.165) is 5.56 Å². The SMILES string of the molecule is Cn1cc(CNC(=O)S)c2ccccc21. The normalized spacial score (nSPS) is 10.5. The van der Waals surface area contributed by atoms with Crippen LogP contribution in [-0.2, 0) is 13.6 Å². The van der Waals surface area contributed by atoms with E-state index in [4.69, 9.17) is 0 Å². The average molecular weight is 220 g/mol. The van der Waals surface area contributed by atoms with Crippen molar-refractivity contribution in [3.8, 4) is 0 Å². The molecule has 1 aromatic carbocycles. The molecule has 2 aromatic rings. The number of amides is 1. The fourth-order valence-electron chi connectivity index (χ4n) is 1.74. The molecule has 0 spiro atoms. The van der Waals surface area contributed by atoms with E-state index in [1.54, 1.807) is 0 Å². The molecule has 0 atom stereocenters. The summed E-state index contributed by atoms with van der Waals surface area (Å²) in [6.07, 6.45) is 2.02. The predicted molar refractivity (Wildman–Crippen MR) is 64.1 cm³/mol. The molecule has 0 radical (unpaired) electrons. The molecule has 4 heteroatoms. The average Bonchev–Trinajstić information content (AvgIpc) is 2.54. The van der Waals surface area contributed by atoms with Gasteiger partial charge in [-0.05, 0) is 11.6 Å². The van der Waals surface area contributed by atoms with E-state index in [-0.39, 0.29) is 5.24 Å². The van der Waals surface area contributed by atoms with Crippen molar-refractivity contribution in [1.82, 2.24) is 9.88 Å². The number of carbonyl (C=O) groups is 1. The summed E-state index contributed by atoms with van der Waals surface area (Å²) in [5.74, 6) is 0. The molecular weight excluding hydrogens is 208 g/mol. The monoisotopic (exact) mass is 220 g/mol. The number of benzene rings is 1. The van der Waals surface area contributed by atoms with Gasteiger partial charge in [-0.25, -0.2) is 0 Å². The van der Waals surface area contributed by atoms with Gasteiger partial charge in [0, 0.05) is 30.7 Å². The Morgan fingerprint density at radius 3 is 2.93 bits per heavy atom. The standard InChI is InChI=1S/C11H12N2OS/c1-13-7-8(6-12-11(14)15)9-4-2-3-5-10(9)13/h2-5,7H,6H2,1H3,(H2,12,14,15). The molecule has 0 aliphatic carbocycles. The number of aryl methyl sites for hydroxylation is 1. The molecule has 0 bridgehead atoms. The lowest BCUT2D eigenvalue weighted by Crippen LogP contribution is -2.15. The first-order valence-corrected chi connectivity index (χ1v) is 5.13. The van der Waals surface area contributed by atoms with E-state index in [9.17, 15) is 4.79 Å². The largest absolute Gasteiger partial charge is 0.350 e. The summed E-state index contributed by atoms with van der Waals surface area (Å²) >= 11 is 3.67. The summed E-state index contributed by atoms with van der Waals surface area (Å²) in [5, 5.41) is 3.54. The second-order valence-electron chi connectivity index (χ2n) is 3.44. The van der Waals surface area contributed by atoms with Gasteiger partial charge in [-0.1, -0.05) is 30.8 Å². The van der Waals surface area contributed by atoms with Gasteiger partial charge in [0.05, 0.1) is 0 Å². The van der Waals surface area contributed by atoms with Crippen LogP contribution < -0.4 is 5.32 Å². The highest BCUT2D eigenvalue weighted by Crippen LogP contribution is 2.19. The van der Waals surface area contributed by atoms with Crippen molar-refractivity contribution in [2.75, 3.05) is 0 Å². The zero-order chi connectivity index (χ0) is 10.8. The van der Waals surface area contributed by atoms with Crippen LogP contribution in [0.25, 0.3) is 10.9 Å². The van der Waals surface area contributed by atoms with Crippen molar-refractivity contribution in [3.05, 3.63) is 36.0 Å². The molecule has 1 heterocycles. The van der Waals surface area contributed by atoms with E-state index in [1.807, 2.05) is 25.4 Å². The van der Waals surface area contributed by atoms with Gasteiger partial charge >= 0.3 is 0 Å². The van der Waals surface area contributed by atoms with Gasteiger partial charge in [0.15, 0.2) is 0 Å². The number of hydrogen-bond donors (Lipinski definition) is 2.